The Bertz CT molecular complexity index is 907. The molecule has 0 fully saturated rings. The van der Waals surface area contributed by atoms with Gasteiger partial charge < -0.3 is 14.9 Å². The summed E-state index contributed by atoms with van der Waals surface area (Å²) in [5.41, 5.74) is 0.421. The number of ether oxygens (including phenoxy) is 1. The summed E-state index contributed by atoms with van der Waals surface area (Å²) in [6.07, 6.45) is -0.314. The lowest BCUT2D eigenvalue weighted by atomic mass is 10.1. The van der Waals surface area contributed by atoms with Crippen LogP contribution in [0.1, 0.15) is 18.9 Å². The van der Waals surface area contributed by atoms with Gasteiger partial charge in [0.1, 0.15) is 0 Å². The average Bonchev–Trinajstić information content (AvgIpc) is 2.62. The number of nitrogens with zero attached hydrogens (tertiary/aromatic N) is 3. The Kier molecular flexibility index (Phi) is 5.22. The summed E-state index contributed by atoms with van der Waals surface area (Å²) < 4.78 is 5.61. The maximum Gasteiger partial charge on any atom is 0.366 e. The number of anilines is 1. The second-order valence-electron chi connectivity index (χ2n) is 5.51. The fourth-order valence-electron chi connectivity index (χ4n) is 2.58. The van der Waals surface area contributed by atoms with Gasteiger partial charge in [0.15, 0.2) is 11.9 Å². The zero-order valence-corrected chi connectivity index (χ0v) is 15.7. The number of carbonyl (C=O) groups excluding carboxylic acids is 1. The summed E-state index contributed by atoms with van der Waals surface area (Å²) in [5.74, 6) is -0.471. The first-order valence-corrected chi connectivity index (χ1v) is 8.72. The molecule has 1 aliphatic heterocycles. The van der Waals surface area contributed by atoms with Crippen molar-refractivity contribution >= 4 is 52.3 Å². The molecule has 1 aromatic heterocycles. The number of nitro groups is 1. The van der Waals surface area contributed by atoms with E-state index in [2.05, 4.69) is 4.98 Å². The number of aromatic nitrogens is 1. The number of pyridine rings is 1. The molecule has 10 heteroatoms. The second kappa shape index (κ2) is 7.26. The van der Waals surface area contributed by atoms with E-state index in [4.69, 9.17) is 39.5 Å². The van der Waals surface area contributed by atoms with Gasteiger partial charge in [-0.1, -0.05) is 41.7 Å². The van der Waals surface area contributed by atoms with Crippen molar-refractivity contribution in [3.8, 4) is 5.75 Å². The van der Waals surface area contributed by atoms with Gasteiger partial charge in [0.05, 0.1) is 16.6 Å². The third kappa shape index (κ3) is 3.30. The predicted molar refractivity (Wildman–Crippen MR) is 98.3 cm³/mol. The first kappa shape index (κ1) is 18.7. The molecule has 1 aliphatic rings. The lowest BCUT2D eigenvalue weighted by molar-refractivity contribution is -0.389. The van der Waals surface area contributed by atoms with E-state index in [1.807, 2.05) is 0 Å². The number of benzene rings is 1. The Morgan fingerprint density at radius 1 is 1.23 bits per heavy atom. The monoisotopic (exact) mass is 415 g/mol. The van der Waals surface area contributed by atoms with Crippen LogP contribution in [-0.2, 0) is 11.3 Å². The van der Waals surface area contributed by atoms with E-state index in [9.17, 15) is 14.9 Å². The van der Waals surface area contributed by atoms with Crippen molar-refractivity contribution in [3.63, 3.8) is 0 Å². The van der Waals surface area contributed by atoms with E-state index in [-0.39, 0.29) is 34.1 Å². The molecule has 0 spiro atoms. The van der Waals surface area contributed by atoms with Crippen LogP contribution in [0.2, 0.25) is 15.1 Å². The summed E-state index contributed by atoms with van der Waals surface area (Å²) in [6.45, 7) is 1.75. The van der Waals surface area contributed by atoms with Crippen LogP contribution >= 0.6 is 34.8 Å². The highest BCUT2D eigenvalue weighted by Gasteiger charge is 2.38. The molecular formula is C16H12Cl3N3O4. The molecule has 0 bridgehead atoms. The second-order valence-corrected chi connectivity index (χ2v) is 6.70. The standard InChI is InChI=1S/C16H12Cl3N3O4/c1-2-11-16(23)21(7-8-9(17)3-4-10(18)14(8)19)15-12(26-11)5-6-13(20-15)22(24)25/h3-6,11H,2,7H2,1H3. The van der Waals surface area contributed by atoms with Crippen molar-refractivity contribution in [1.29, 1.82) is 0 Å². The highest BCUT2D eigenvalue weighted by atomic mass is 35.5. The predicted octanol–water partition coefficient (Wildman–Crippen LogP) is 4.65. The van der Waals surface area contributed by atoms with Gasteiger partial charge in [-0.05, 0) is 34.5 Å². The van der Waals surface area contributed by atoms with Crippen molar-refractivity contribution < 1.29 is 14.5 Å². The van der Waals surface area contributed by atoms with Crippen LogP contribution in [0.15, 0.2) is 24.3 Å². The number of rotatable bonds is 4. The molecule has 2 aromatic rings. The van der Waals surface area contributed by atoms with E-state index < -0.39 is 16.8 Å². The van der Waals surface area contributed by atoms with Crippen LogP contribution in [0.4, 0.5) is 11.6 Å². The molecule has 1 aromatic carbocycles. The zero-order valence-electron chi connectivity index (χ0n) is 13.4. The summed E-state index contributed by atoms with van der Waals surface area (Å²) >= 11 is 18.5. The molecule has 0 saturated heterocycles. The van der Waals surface area contributed by atoms with Crippen LogP contribution in [0.3, 0.4) is 0 Å². The molecule has 0 saturated carbocycles. The first-order chi connectivity index (χ1) is 12.3. The van der Waals surface area contributed by atoms with E-state index in [0.717, 1.165) is 0 Å². The summed E-state index contributed by atoms with van der Waals surface area (Å²) in [5, 5.41) is 11.9. The normalized spacial score (nSPS) is 16.2. The van der Waals surface area contributed by atoms with Crippen molar-refractivity contribution in [2.45, 2.75) is 26.0 Å². The fraction of sp³-hybridized carbons (Fsp3) is 0.250. The van der Waals surface area contributed by atoms with E-state index in [1.54, 1.807) is 19.1 Å². The number of hydrogen-bond donors (Lipinski definition) is 0. The molecule has 1 unspecified atom stereocenters. The third-order valence-corrected chi connectivity index (χ3v) is 5.10. The van der Waals surface area contributed by atoms with Crippen LogP contribution < -0.4 is 9.64 Å². The largest absolute Gasteiger partial charge is 0.474 e. The molecule has 136 valence electrons. The maximum atomic E-state index is 12.8. The minimum atomic E-state index is -0.734. The molecule has 3 rings (SSSR count). The Morgan fingerprint density at radius 3 is 2.58 bits per heavy atom. The number of halogens is 3. The Balaban J connectivity index is 2.11. The molecule has 0 radical (unpaired) electrons. The topological polar surface area (TPSA) is 85.6 Å². The van der Waals surface area contributed by atoms with Crippen molar-refractivity contribution in [2.24, 2.45) is 0 Å². The molecule has 0 N–H and O–H groups in total. The first-order valence-electron chi connectivity index (χ1n) is 7.59. The molecule has 1 amide bonds. The molecule has 2 heterocycles. The minimum absolute atomic E-state index is 0.0426. The van der Waals surface area contributed by atoms with Gasteiger partial charge in [-0.25, -0.2) is 0 Å². The zero-order chi connectivity index (χ0) is 19.0. The average molecular weight is 417 g/mol. The molecular weight excluding hydrogens is 405 g/mol. The highest BCUT2D eigenvalue weighted by Crippen LogP contribution is 2.38. The lowest BCUT2D eigenvalue weighted by Gasteiger charge is -2.31. The summed E-state index contributed by atoms with van der Waals surface area (Å²) in [6, 6.07) is 5.75. The van der Waals surface area contributed by atoms with Gasteiger partial charge in [0, 0.05) is 16.7 Å². The van der Waals surface area contributed by atoms with E-state index in [1.165, 1.54) is 17.0 Å². The quantitative estimate of drug-likeness (QED) is 0.411. The van der Waals surface area contributed by atoms with Crippen LogP contribution in [0.25, 0.3) is 0 Å². The summed E-state index contributed by atoms with van der Waals surface area (Å²) in [7, 11) is 0. The molecule has 26 heavy (non-hydrogen) atoms. The van der Waals surface area contributed by atoms with Gasteiger partial charge in [-0.3, -0.25) is 9.69 Å². The maximum absolute atomic E-state index is 12.8. The number of carbonyl (C=O) groups is 1. The van der Waals surface area contributed by atoms with Crippen molar-refractivity contribution in [2.75, 3.05) is 4.90 Å². The number of fused-ring (bicyclic) bond motifs is 1. The Morgan fingerprint density at radius 2 is 1.92 bits per heavy atom. The van der Waals surface area contributed by atoms with Gasteiger partial charge in [-0.15, -0.1) is 0 Å². The number of hydrogen-bond acceptors (Lipinski definition) is 5. The van der Waals surface area contributed by atoms with Crippen LogP contribution in [-0.4, -0.2) is 21.9 Å². The fourth-order valence-corrected chi connectivity index (χ4v) is 3.24. The highest BCUT2D eigenvalue weighted by molar-refractivity contribution is 6.44. The van der Waals surface area contributed by atoms with Gasteiger partial charge in [-0.2, -0.15) is 0 Å². The van der Waals surface area contributed by atoms with Crippen LogP contribution in [0.5, 0.6) is 5.75 Å². The van der Waals surface area contributed by atoms with Crippen molar-refractivity contribution in [1.82, 2.24) is 4.98 Å². The summed E-state index contributed by atoms with van der Waals surface area (Å²) in [4.78, 5) is 28.4. The lowest BCUT2D eigenvalue weighted by Crippen LogP contribution is -2.45. The van der Waals surface area contributed by atoms with Crippen molar-refractivity contribution in [3.05, 3.63) is 55.0 Å². The molecule has 0 aliphatic carbocycles. The van der Waals surface area contributed by atoms with Gasteiger partial charge >= 0.3 is 5.82 Å². The molecule has 7 nitrogen and oxygen atoms in total. The third-order valence-electron chi connectivity index (χ3n) is 3.90. The SMILES string of the molecule is CCC1Oc2ccc([N+](=O)[O-])nc2N(Cc2c(Cl)ccc(Cl)c2Cl)C1=O. The van der Waals surface area contributed by atoms with Crippen LogP contribution in [0, 0.1) is 10.1 Å². The molecule has 1 atom stereocenters. The van der Waals surface area contributed by atoms with E-state index in [0.29, 0.717) is 17.0 Å². The number of amides is 1. The van der Waals surface area contributed by atoms with Gasteiger partial charge in [0.25, 0.3) is 11.7 Å². The van der Waals surface area contributed by atoms with Gasteiger partial charge in [0.2, 0.25) is 0 Å². The van der Waals surface area contributed by atoms with E-state index >= 15 is 0 Å². The Labute approximate surface area is 163 Å². The minimum Gasteiger partial charge on any atom is -0.474 e. The smallest absolute Gasteiger partial charge is 0.366 e. The Hall–Kier alpha value is -2.09.